The molecule has 1 fully saturated rings. The fraction of sp³-hybridized carbons (Fsp3) is 0.182. The number of urea groups is 1. The standard InChI is InChI=1S/C11H9N3O3/c1-11(9(15)13-10(16)14-11)8-4-6-5-12-3-2-7(6)17-8/h2-5H,1H3,(H2,13,14,15,16). The van der Waals surface area contributed by atoms with Crippen LogP contribution >= 0.6 is 0 Å². The molecular weight excluding hydrogens is 222 g/mol. The van der Waals surface area contributed by atoms with E-state index in [9.17, 15) is 9.59 Å². The van der Waals surface area contributed by atoms with Gasteiger partial charge in [-0.15, -0.1) is 0 Å². The van der Waals surface area contributed by atoms with E-state index >= 15 is 0 Å². The molecular formula is C11H9N3O3. The molecule has 0 saturated carbocycles. The Bertz CT molecular complexity index is 601. The highest BCUT2D eigenvalue weighted by Crippen LogP contribution is 2.29. The Morgan fingerprint density at radius 2 is 2.24 bits per heavy atom. The zero-order valence-corrected chi connectivity index (χ0v) is 8.98. The van der Waals surface area contributed by atoms with Crippen molar-refractivity contribution in [1.82, 2.24) is 15.6 Å². The van der Waals surface area contributed by atoms with Crippen LogP contribution < -0.4 is 10.6 Å². The molecule has 2 aromatic rings. The third-order valence-corrected chi connectivity index (χ3v) is 2.85. The number of imide groups is 1. The van der Waals surface area contributed by atoms with Crippen molar-refractivity contribution >= 4 is 22.9 Å². The second kappa shape index (κ2) is 3.07. The van der Waals surface area contributed by atoms with Gasteiger partial charge >= 0.3 is 6.03 Å². The lowest BCUT2D eigenvalue weighted by Crippen LogP contribution is -2.40. The molecule has 2 aromatic heterocycles. The van der Waals surface area contributed by atoms with Crippen LogP contribution in [-0.4, -0.2) is 16.9 Å². The van der Waals surface area contributed by atoms with Crippen LogP contribution in [0.5, 0.6) is 0 Å². The first kappa shape index (κ1) is 9.83. The first-order valence-corrected chi connectivity index (χ1v) is 5.07. The Balaban J connectivity index is 2.15. The van der Waals surface area contributed by atoms with E-state index in [1.807, 2.05) is 0 Å². The van der Waals surface area contributed by atoms with Crippen LogP contribution in [0.15, 0.2) is 28.9 Å². The third kappa shape index (κ3) is 1.30. The second-order valence-corrected chi connectivity index (χ2v) is 4.06. The lowest BCUT2D eigenvalue weighted by Gasteiger charge is -2.16. The van der Waals surface area contributed by atoms with Gasteiger partial charge in [-0.2, -0.15) is 0 Å². The van der Waals surface area contributed by atoms with Gasteiger partial charge in [0.15, 0.2) is 5.54 Å². The van der Waals surface area contributed by atoms with Crippen LogP contribution in [0, 0.1) is 0 Å². The Morgan fingerprint density at radius 1 is 1.41 bits per heavy atom. The number of hydrogen-bond donors (Lipinski definition) is 2. The maximum atomic E-state index is 11.7. The topological polar surface area (TPSA) is 84.2 Å². The molecule has 17 heavy (non-hydrogen) atoms. The van der Waals surface area contributed by atoms with Gasteiger partial charge in [0.2, 0.25) is 0 Å². The lowest BCUT2D eigenvalue weighted by atomic mass is 9.99. The average Bonchev–Trinajstić information content (AvgIpc) is 2.81. The number of carbonyl (C=O) groups is 2. The van der Waals surface area contributed by atoms with E-state index in [1.165, 1.54) is 0 Å². The molecule has 1 aliphatic heterocycles. The summed E-state index contributed by atoms with van der Waals surface area (Å²) in [5.74, 6) is -0.0293. The molecule has 6 heteroatoms. The van der Waals surface area contributed by atoms with Crippen molar-refractivity contribution in [3.63, 3.8) is 0 Å². The molecule has 3 amide bonds. The smallest absolute Gasteiger partial charge is 0.322 e. The van der Waals surface area contributed by atoms with Gasteiger partial charge in [-0.1, -0.05) is 0 Å². The molecule has 0 bridgehead atoms. The highest BCUT2D eigenvalue weighted by molar-refractivity contribution is 6.07. The molecule has 0 radical (unpaired) electrons. The Kier molecular flexibility index (Phi) is 1.77. The third-order valence-electron chi connectivity index (χ3n) is 2.85. The van der Waals surface area contributed by atoms with Gasteiger partial charge in [-0.05, 0) is 19.1 Å². The zero-order chi connectivity index (χ0) is 12.0. The van der Waals surface area contributed by atoms with Gasteiger partial charge in [-0.3, -0.25) is 15.1 Å². The number of rotatable bonds is 1. The molecule has 0 aromatic carbocycles. The first-order valence-electron chi connectivity index (χ1n) is 5.07. The number of carbonyl (C=O) groups excluding carboxylic acids is 2. The average molecular weight is 231 g/mol. The number of nitrogens with one attached hydrogen (secondary N) is 2. The van der Waals surface area contributed by atoms with Gasteiger partial charge in [0.1, 0.15) is 11.3 Å². The molecule has 6 nitrogen and oxygen atoms in total. The van der Waals surface area contributed by atoms with Gasteiger partial charge in [0.05, 0.1) is 0 Å². The molecule has 3 rings (SSSR count). The number of amides is 3. The van der Waals surface area contributed by atoms with Crippen molar-refractivity contribution in [1.29, 1.82) is 0 Å². The summed E-state index contributed by atoms with van der Waals surface area (Å²) in [6.45, 7) is 1.60. The minimum absolute atomic E-state index is 0.392. The van der Waals surface area contributed by atoms with Crippen LogP contribution in [0.25, 0.3) is 11.0 Å². The van der Waals surface area contributed by atoms with Crippen molar-refractivity contribution in [2.24, 2.45) is 0 Å². The van der Waals surface area contributed by atoms with Crippen LogP contribution in [0.1, 0.15) is 12.7 Å². The largest absolute Gasteiger partial charge is 0.458 e. The molecule has 3 heterocycles. The fourth-order valence-corrected chi connectivity index (χ4v) is 1.85. The maximum absolute atomic E-state index is 11.7. The zero-order valence-electron chi connectivity index (χ0n) is 8.98. The summed E-state index contributed by atoms with van der Waals surface area (Å²) in [6, 6.07) is 2.89. The molecule has 1 atom stereocenters. The van der Waals surface area contributed by atoms with E-state index in [4.69, 9.17) is 4.42 Å². The molecule has 0 spiro atoms. The summed E-state index contributed by atoms with van der Waals surface area (Å²) < 4.78 is 5.56. The van der Waals surface area contributed by atoms with Crippen LogP contribution in [0.3, 0.4) is 0 Å². The number of nitrogens with zero attached hydrogens (tertiary/aromatic N) is 1. The SMILES string of the molecule is CC1(c2cc3cnccc3o2)NC(=O)NC1=O. The summed E-state index contributed by atoms with van der Waals surface area (Å²) in [4.78, 5) is 26.8. The maximum Gasteiger partial charge on any atom is 0.322 e. The van der Waals surface area contributed by atoms with Crippen molar-refractivity contribution in [3.05, 3.63) is 30.3 Å². The molecule has 1 aliphatic rings. The highest BCUT2D eigenvalue weighted by Gasteiger charge is 2.46. The van der Waals surface area contributed by atoms with Gasteiger partial charge in [0.25, 0.3) is 5.91 Å². The van der Waals surface area contributed by atoms with Crippen molar-refractivity contribution < 1.29 is 14.0 Å². The summed E-state index contributed by atoms with van der Waals surface area (Å²) in [5, 5.41) is 5.52. The summed E-state index contributed by atoms with van der Waals surface area (Å²) in [7, 11) is 0. The van der Waals surface area contributed by atoms with Crippen LogP contribution in [-0.2, 0) is 10.3 Å². The van der Waals surface area contributed by atoms with E-state index in [0.29, 0.717) is 11.3 Å². The normalized spacial score (nSPS) is 23.8. The molecule has 2 N–H and O–H groups in total. The second-order valence-electron chi connectivity index (χ2n) is 4.06. The predicted octanol–water partition coefficient (Wildman–Crippen LogP) is 0.882. The van der Waals surface area contributed by atoms with E-state index in [2.05, 4.69) is 15.6 Å². The van der Waals surface area contributed by atoms with Gasteiger partial charge < -0.3 is 9.73 Å². The minimum Gasteiger partial charge on any atom is -0.458 e. The molecule has 1 unspecified atom stereocenters. The number of pyridine rings is 1. The number of furan rings is 1. The number of fused-ring (bicyclic) bond motifs is 1. The number of aromatic nitrogens is 1. The Morgan fingerprint density at radius 3 is 2.88 bits per heavy atom. The van der Waals surface area contributed by atoms with E-state index < -0.39 is 17.5 Å². The monoisotopic (exact) mass is 231 g/mol. The van der Waals surface area contributed by atoms with Gasteiger partial charge in [0, 0.05) is 17.8 Å². The molecule has 0 aliphatic carbocycles. The van der Waals surface area contributed by atoms with E-state index in [0.717, 1.165) is 5.39 Å². The van der Waals surface area contributed by atoms with Crippen LogP contribution in [0.4, 0.5) is 4.79 Å². The molecule has 1 saturated heterocycles. The Labute approximate surface area is 96.0 Å². The van der Waals surface area contributed by atoms with E-state index in [1.54, 1.807) is 31.5 Å². The highest BCUT2D eigenvalue weighted by atomic mass is 16.3. The summed E-state index contributed by atoms with van der Waals surface area (Å²) in [5.41, 5.74) is -0.527. The predicted molar refractivity (Wildman–Crippen MR) is 58.0 cm³/mol. The van der Waals surface area contributed by atoms with E-state index in [-0.39, 0.29) is 0 Å². The van der Waals surface area contributed by atoms with Crippen LogP contribution in [0.2, 0.25) is 0 Å². The minimum atomic E-state index is -1.16. The fourth-order valence-electron chi connectivity index (χ4n) is 1.85. The number of hydrogen-bond acceptors (Lipinski definition) is 4. The Hall–Kier alpha value is -2.37. The quantitative estimate of drug-likeness (QED) is 0.713. The first-order chi connectivity index (χ1) is 8.09. The van der Waals surface area contributed by atoms with Crippen molar-refractivity contribution in [2.75, 3.05) is 0 Å². The van der Waals surface area contributed by atoms with Crippen molar-refractivity contribution in [2.45, 2.75) is 12.5 Å². The summed E-state index contributed by atoms with van der Waals surface area (Å²) in [6.07, 6.45) is 3.24. The lowest BCUT2D eigenvalue weighted by molar-refractivity contribution is -0.124. The summed E-state index contributed by atoms with van der Waals surface area (Å²) >= 11 is 0. The van der Waals surface area contributed by atoms with Crippen molar-refractivity contribution in [3.8, 4) is 0 Å². The molecule has 86 valence electrons. The van der Waals surface area contributed by atoms with Gasteiger partial charge in [-0.25, -0.2) is 4.79 Å².